The quantitative estimate of drug-likeness (QED) is 0.673. The topological polar surface area (TPSA) is 94.2 Å². The number of amides is 2. The van der Waals surface area contributed by atoms with Crippen LogP contribution in [0.1, 0.15) is 18.1 Å². The Bertz CT molecular complexity index is 698. The van der Waals surface area contributed by atoms with Crippen LogP contribution in [0, 0.1) is 6.57 Å². The summed E-state index contributed by atoms with van der Waals surface area (Å²) in [6, 6.07) is -0.707. The Morgan fingerprint density at radius 1 is 1.44 bits per heavy atom. The Morgan fingerprint density at radius 3 is 2.72 bits per heavy atom. The van der Waals surface area contributed by atoms with Crippen LogP contribution >= 0.6 is 0 Å². The van der Waals surface area contributed by atoms with Crippen molar-refractivity contribution in [3.8, 4) is 0 Å². The molecule has 0 saturated carbocycles. The van der Waals surface area contributed by atoms with E-state index in [0.717, 1.165) is 4.90 Å². The Kier molecular flexibility index (Phi) is 1.74. The van der Waals surface area contributed by atoms with Crippen LogP contribution in [0.4, 0.5) is 4.79 Å². The fraction of sp³-hybridized carbons (Fsp3) is 0.444. The molecule has 18 heavy (non-hydrogen) atoms. The first-order chi connectivity index (χ1) is 8.57. The fourth-order valence-corrected chi connectivity index (χ4v) is 2.13. The molecule has 9 nitrogen and oxygen atoms in total. The molecule has 1 aromatic heterocycles. The van der Waals surface area contributed by atoms with Crippen molar-refractivity contribution in [3.63, 3.8) is 0 Å². The van der Waals surface area contributed by atoms with E-state index in [2.05, 4.69) is 9.84 Å². The first-order valence-electron chi connectivity index (χ1n) is 5.24. The monoisotopic (exact) mass is 249 g/mol. The lowest BCUT2D eigenvalue weighted by Gasteiger charge is -2.31. The normalized spacial score (nSPS) is 25.1. The Hall–Kier alpha value is -2.63. The third-order valence-electron chi connectivity index (χ3n) is 2.92. The van der Waals surface area contributed by atoms with Gasteiger partial charge in [-0.2, -0.15) is 4.99 Å². The number of rotatable bonds is 2. The molecule has 1 aromatic rings. The molecule has 0 fully saturated rings. The lowest BCUT2D eigenvalue weighted by Crippen LogP contribution is -2.67. The minimum atomic E-state index is -1.87. The van der Waals surface area contributed by atoms with Gasteiger partial charge in [-0.05, 0) is 11.2 Å². The first kappa shape index (κ1) is 10.5. The molecule has 4 rings (SSSR count). The van der Waals surface area contributed by atoms with Gasteiger partial charge in [0.05, 0.1) is 0 Å². The van der Waals surface area contributed by atoms with Gasteiger partial charge < -0.3 is 0 Å². The minimum Gasteiger partial charge on any atom is -0.265 e. The molecule has 3 aliphatic heterocycles. The molecule has 1 unspecified atom stereocenters. The summed E-state index contributed by atoms with van der Waals surface area (Å²) in [5.41, 5.74) is -1.03. The van der Waals surface area contributed by atoms with Crippen molar-refractivity contribution < 1.29 is 14.2 Å². The van der Waals surface area contributed by atoms with Crippen molar-refractivity contribution in [2.75, 3.05) is 6.54 Å². The SMILES string of the molecule is [C-]#[N+]C12C(=NC(=O)N1CCC)C(=O)n1on2c1=O. The maximum Gasteiger partial charge on any atom is 0.481 e. The molecule has 3 aliphatic rings. The average molecular weight is 249 g/mol. The summed E-state index contributed by atoms with van der Waals surface area (Å²) in [6.45, 7) is 9.26. The van der Waals surface area contributed by atoms with Gasteiger partial charge in [-0.3, -0.25) is 14.3 Å². The van der Waals surface area contributed by atoms with Crippen molar-refractivity contribution in [1.82, 2.24) is 14.4 Å². The summed E-state index contributed by atoms with van der Waals surface area (Å²) in [4.78, 5) is 43.1. The van der Waals surface area contributed by atoms with Gasteiger partial charge in [0, 0.05) is 6.54 Å². The first-order valence-corrected chi connectivity index (χ1v) is 5.24. The molecule has 0 N–H and O–H groups in total. The van der Waals surface area contributed by atoms with Crippen LogP contribution in [-0.2, 0) is 5.79 Å². The zero-order chi connectivity index (χ0) is 13.1. The molecule has 0 aliphatic carbocycles. The summed E-state index contributed by atoms with van der Waals surface area (Å²) in [6.07, 6.45) is 0.561. The fourth-order valence-electron chi connectivity index (χ4n) is 2.13. The van der Waals surface area contributed by atoms with Gasteiger partial charge in [0.2, 0.25) is 0 Å². The molecular formula is C9H7N5O4. The zero-order valence-electron chi connectivity index (χ0n) is 9.28. The molecule has 4 heterocycles. The molecule has 2 amide bonds. The van der Waals surface area contributed by atoms with E-state index < -0.39 is 23.4 Å². The van der Waals surface area contributed by atoms with Crippen molar-refractivity contribution in [3.05, 3.63) is 21.9 Å². The molecule has 0 aromatic carbocycles. The smallest absolute Gasteiger partial charge is 0.265 e. The highest BCUT2D eigenvalue weighted by Crippen LogP contribution is 2.35. The molecule has 0 spiro atoms. The van der Waals surface area contributed by atoms with Crippen molar-refractivity contribution in [2.45, 2.75) is 19.1 Å². The summed E-state index contributed by atoms with van der Waals surface area (Å²) in [5.74, 6) is -2.72. The zero-order valence-corrected chi connectivity index (χ0v) is 9.28. The van der Waals surface area contributed by atoms with Crippen LogP contribution in [-0.4, -0.2) is 38.6 Å². The van der Waals surface area contributed by atoms with Crippen LogP contribution < -0.4 is 5.69 Å². The van der Waals surface area contributed by atoms with Gasteiger partial charge >= 0.3 is 23.4 Å². The van der Waals surface area contributed by atoms with Crippen molar-refractivity contribution in [2.24, 2.45) is 4.99 Å². The number of aromatic nitrogens is 2. The highest BCUT2D eigenvalue weighted by Gasteiger charge is 2.69. The van der Waals surface area contributed by atoms with E-state index in [1.54, 1.807) is 6.92 Å². The summed E-state index contributed by atoms with van der Waals surface area (Å²) in [7, 11) is 0. The number of urea groups is 1. The van der Waals surface area contributed by atoms with Crippen molar-refractivity contribution >= 4 is 17.6 Å². The number of hydrogen-bond donors (Lipinski definition) is 0. The lowest BCUT2D eigenvalue weighted by atomic mass is 10.1. The summed E-state index contributed by atoms with van der Waals surface area (Å²) < 4.78 is 6.00. The van der Waals surface area contributed by atoms with E-state index in [-0.39, 0.29) is 12.3 Å². The van der Waals surface area contributed by atoms with Gasteiger partial charge in [-0.15, -0.1) is 0 Å². The second-order valence-electron chi connectivity index (χ2n) is 3.90. The number of nitrogens with zero attached hydrogens (tertiary/aromatic N) is 5. The average Bonchev–Trinajstić information content (AvgIpc) is 2.64. The second kappa shape index (κ2) is 2.98. The van der Waals surface area contributed by atoms with E-state index >= 15 is 0 Å². The van der Waals surface area contributed by atoms with Crippen LogP contribution in [0.25, 0.3) is 4.85 Å². The predicted molar refractivity (Wildman–Crippen MR) is 56.0 cm³/mol. The van der Waals surface area contributed by atoms with Gasteiger partial charge in [-0.1, -0.05) is 11.7 Å². The third-order valence-corrected chi connectivity index (χ3v) is 2.92. The molecular weight excluding hydrogens is 242 g/mol. The Morgan fingerprint density at radius 2 is 2.17 bits per heavy atom. The van der Waals surface area contributed by atoms with E-state index in [0.29, 0.717) is 15.9 Å². The van der Waals surface area contributed by atoms with Gasteiger partial charge in [0.25, 0.3) is 5.71 Å². The number of carbonyl (C=O) groups excluding carboxylic acids is 2. The molecule has 0 radical (unpaired) electrons. The van der Waals surface area contributed by atoms with Crippen LogP contribution in [0.3, 0.4) is 0 Å². The van der Waals surface area contributed by atoms with E-state index in [1.807, 2.05) is 0 Å². The maximum atomic E-state index is 11.8. The molecule has 9 heteroatoms. The van der Waals surface area contributed by atoms with E-state index in [9.17, 15) is 14.4 Å². The van der Waals surface area contributed by atoms with Gasteiger partial charge in [-0.25, -0.2) is 21.1 Å². The number of carbonyl (C=O) groups is 2. The highest BCUT2D eigenvalue weighted by atomic mass is 16.7. The van der Waals surface area contributed by atoms with Gasteiger partial charge in [0.1, 0.15) is 0 Å². The van der Waals surface area contributed by atoms with Crippen molar-refractivity contribution in [1.29, 1.82) is 0 Å². The molecule has 2 bridgehead atoms. The minimum absolute atomic E-state index is 0.203. The molecule has 92 valence electrons. The largest absolute Gasteiger partial charge is 0.481 e. The second-order valence-corrected chi connectivity index (χ2v) is 3.90. The maximum absolute atomic E-state index is 11.8. The third kappa shape index (κ3) is 0.839. The predicted octanol–water partition coefficient (Wildman–Crippen LogP) is -0.287. The molecule has 0 saturated heterocycles. The van der Waals surface area contributed by atoms with Crippen LogP contribution in [0.2, 0.25) is 0 Å². The standard InChI is InChI=1S/C9H7N5O4/c1-3-4-12-7(16)11-5-6(15)13-8(17)14(18-13)9(5,12)10-2/h3-4H2,1H3. The van der Waals surface area contributed by atoms with Crippen LogP contribution in [0.5, 0.6) is 0 Å². The van der Waals surface area contributed by atoms with Crippen LogP contribution in [0.15, 0.2) is 14.4 Å². The Labute approximate surface area is 99.6 Å². The summed E-state index contributed by atoms with van der Waals surface area (Å²) >= 11 is 0. The lowest BCUT2D eigenvalue weighted by molar-refractivity contribution is -0.0500. The highest BCUT2D eigenvalue weighted by molar-refractivity contribution is 6.45. The van der Waals surface area contributed by atoms with E-state index in [4.69, 9.17) is 11.2 Å². The molecule has 1 atom stereocenters. The van der Waals surface area contributed by atoms with E-state index in [1.165, 1.54) is 0 Å². The summed E-state index contributed by atoms with van der Waals surface area (Å²) in [5, 5.41) is 0. The Balaban J connectivity index is 2.28. The number of hydrogen-bond acceptors (Lipinski definition) is 4. The number of aliphatic imine (C=N–C) groups is 1. The van der Waals surface area contributed by atoms with Gasteiger partial charge in [0.15, 0.2) is 0 Å².